The highest BCUT2D eigenvalue weighted by Gasteiger charge is 2.31. The van der Waals surface area contributed by atoms with E-state index in [-0.39, 0.29) is 67.7 Å². The number of nitrogens with one attached hydrogen (secondary N) is 1. The predicted octanol–water partition coefficient (Wildman–Crippen LogP) is 1.27. The third-order valence-electron chi connectivity index (χ3n) is 8.02. The number of hydrogen-bond acceptors (Lipinski definition) is 11. The predicted molar refractivity (Wildman–Crippen MR) is 173 cm³/mol. The second-order valence-corrected chi connectivity index (χ2v) is 13.5. The van der Waals surface area contributed by atoms with E-state index in [1.165, 1.54) is 0 Å². The molecule has 1 fully saturated rings. The molecule has 5 N–H and O–H groups in total. The lowest BCUT2D eigenvalue weighted by Gasteiger charge is -2.35. The summed E-state index contributed by atoms with van der Waals surface area (Å²) in [6, 6.07) is 0. The van der Waals surface area contributed by atoms with Gasteiger partial charge in [-0.05, 0) is 38.5 Å². The van der Waals surface area contributed by atoms with Gasteiger partial charge in [0.25, 0.3) is 0 Å². The van der Waals surface area contributed by atoms with Gasteiger partial charge in [0.2, 0.25) is 5.91 Å². The number of carbonyl (C=O) groups excluding carboxylic acids is 1. The van der Waals surface area contributed by atoms with E-state index in [1.54, 1.807) is 0 Å². The number of amides is 1. The lowest BCUT2D eigenvalue weighted by atomic mass is 9.77. The summed E-state index contributed by atoms with van der Waals surface area (Å²) in [4.78, 5) is 32.5. The molecule has 0 aromatic carbocycles. The van der Waals surface area contributed by atoms with Gasteiger partial charge in [0.1, 0.15) is 5.69 Å². The molecule has 0 unspecified atom stereocenters. The number of aliphatic hydroxyl groups excluding tert-OH is 3. The Morgan fingerprint density at radius 1 is 0.822 bits per heavy atom. The molecular formula is C31H56N8O6. The Morgan fingerprint density at radius 2 is 1.29 bits per heavy atom. The first-order valence-corrected chi connectivity index (χ1v) is 15.7. The van der Waals surface area contributed by atoms with Gasteiger partial charge < -0.3 is 25.7 Å². The summed E-state index contributed by atoms with van der Waals surface area (Å²) in [7, 11) is 0. The first-order valence-electron chi connectivity index (χ1n) is 15.7. The van der Waals surface area contributed by atoms with Crippen molar-refractivity contribution in [3.05, 3.63) is 36.6 Å². The highest BCUT2D eigenvalue weighted by atomic mass is 16.4. The highest BCUT2D eigenvalue weighted by Crippen LogP contribution is 2.35. The van der Waals surface area contributed by atoms with Gasteiger partial charge >= 0.3 is 5.97 Å². The van der Waals surface area contributed by atoms with Gasteiger partial charge in [0, 0.05) is 59.0 Å². The second-order valence-electron chi connectivity index (χ2n) is 13.5. The van der Waals surface area contributed by atoms with Crippen molar-refractivity contribution in [3.8, 4) is 0 Å². The summed E-state index contributed by atoms with van der Waals surface area (Å²) < 4.78 is 1.84. The molecule has 1 aromatic heterocycles. The summed E-state index contributed by atoms with van der Waals surface area (Å²) in [6.45, 7) is 20.9. The fourth-order valence-corrected chi connectivity index (χ4v) is 5.94. The lowest BCUT2D eigenvalue weighted by Crippen LogP contribution is -2.49. The number of rotatable bonds is 16. The average Bonchev–Trinajstić information content (AvgIpc) is 3.41. The van der Waals surface area contributed by atoms with Crippen LogP contribution in [0.4, 0.5) is 0 Å². The zero-order chi connectivity index (χ0) is 33.6. The number of carboxylic acid groups (broad SMARTS) is 1. The van der Waals surface area contributed by atoms with Gasteiger partial charge in [-0.1, -0.05) is 32.2 Å². The largest absolute Gasteiger partial charge is 0.512 e. The van der Waals surface area contributed by atoms with Crippen molar-refractivity contribution in [3.63, 3.8) is 0 Å². The first-order chi connectivity index (χ1) is 21.1. The second kappa shape index (κ2) is 18.2. The topological polar surface area (TPSA) is 171 Å². The summed E-state index contributed by atoms with van der Waals surface area (Å²) >= 11 is 0. The van der Waals surface area contributed by atoms with Gasteiger partial charge in [0.15, 0.2) is 0 Å². The maximum Gasteiger partial charge on any atom is 0.317 e. The summed E-state index contributed by atoms with van der Waals surface area (Å²) in [5.74, 6) is -1.03. The van der Waals surface area contributed by atoms with Crippen molar-refractivity contribution >= 4 is 11.9 Å². The minimum atomic E-state index is -0.929. The lowest BCUT2D eigenvalue weighted by molar-refractivity contribution is -0.138. The van der Waals surface area contributed by atoms with E-state index in [9.17, 15) is 30.0 Å². The molecule has 0 bridgehead atoms. The Bertz CT molecular complexity index is 1080. The summed E-state index contributed by atoms with van der Waals surface area (Å²) in [5.41, 5.74) is 0.362. The zero-order valence-electron chi connectivity index (χ0n) is 27.7. The smallest absolute Gasteiger partial charge is 0.317 e. The van der Waals surface area contributed by atoms with Crippen molar-refractivity contribution in [2.45, 2.75) is 59.0 Å². The SMILES string of the molecule is C=C(O)CN1CCN(CC(=C)O)CCN(CC(=O)NCc2cn(C(C)(C)CC(C)(C)CCCO)nn2)CCN(CC(=O)O)CC1. The Kier molecular flexibility index (Phi) is 15.4. The third kappa shape index (κ3) is 15.2. The van der Waals surface area contributed by atoms with Gasteiger partial charge in [-0.15, -0.1) is 5.10 Å². The molecule has 1 saturated heterocycles. The number of carbonyl (C=O) groups is 2. The molecule has 14 heteroatoms. The molecule has 0 aliphatic carbocycles. The van der Waals surface area contributed by atoms with Crippen molar-refractivity contribution in [1.29, 1.82) is 0 Å². The Morgan fingerprint density at radius 3 is 1.73 bits per heavy atom. The minimum absolute atomic E-state index is 0.0165. The molecule has 1 amide bonds. The molecule has 1 aliphatic rings. The molecule has 1 aromatic rings. The Labute approximate surface area is 268 Å². The number of aliphatic carboxylic acids is 1. The van der Waals surface area contributed by atoms with Gasteiger partial charge in [-0.2, -0.15) is 0 Å². The van der Waals surface area contributed by atoms with Crippen LogP contribution in [0.1, 0.15) is 52.7 Å². The molecule has 0 radical (unpaired) electrons. The van der Waals surface area contributed by atoms with Crippen LogP contribution in [0, 0.1) is 5.41 Å². The fraction of sp³-hybridized carbons (Fsp3) is 0.742. The normalized spacial score (nSPS) is 17.4. The maximum atomic E-state index is 13.1. The van der Waals surface area contributed by atoms with Crippen molar-refractivity contribution < 1.29 is 30.0 Å². The molecule has 45 heavy (non-hydrogen) atoms. The van der Waals surface area contributed by atoms with Crippen molar-refractivity contribution in [1.82, 2.24) is 39.9 Å². The maximum absolute atomic E-state index is 13.1. The molecule has 0 spiro atoms. The molecular weight excluding hydrogens is 580 g/mol. The van der Waals surface area contributed by atoms with Gasteiger partial charge in [-0.3, -0.25) is 29.2 Å². The van der Waals surface area contributed by atoms with Crippen LogP contribution in [-0.4, -0.2) is 152 Å². The summed E-state index contributed by atoms with van der Waals surface area (Å²) in [6.07, 6.45) is 4.36. The van der Waals surface area contributed by atoms with Crippen molar-refractivity contribution in [2.75, 3.05) is 85.1 Å². The van der Waals surface area contributed by atoms with Crippen molar-refractivity contribution in [2.24, 2.45) is 5.41 Å². The van der Waals surface area contributed by atoms with E-state index in [0.29, 0.717) is 58.1 Å². The average molecular weight is 637 g/mol. The van der Waals surface area contributed by atoms with E-state index >= 15 is 0 Å². The zero-order valence-corrected chi connectivity index (χ0v) is 27.7. The highest BCUT2D eigenvalue weighted by molar-refractivity contribution is 5.77. The molecule has 256 valence electrons. The number of aliphatic hydroxyl groups is 3. The standard InChI is InChI=1S/C31H56N8O6/c1-25(41)19-35-9-10-36(20-26(2)42)12-15-38(23-29(44)45)16-14-37(13-11-35)22-28(43)32-18-27-21-39(34-33-27)31(5,6)24-30(3,4)8-7-17-40/h21,40-42H,1-2,7-20,22-24H2,3-6H3,(H,32,43)(H,44,45). The molecule has 2 rings (SSSR count). The van der Waals surface area contributed by atoms with Crippen LogP contribution in [-0.2, 0) is 21.7 Å². The van der Waals surface area contributed by atoms with Crippen LogP contribution < -0.4 is 5.32 Å². The minimum Gasteiger partial charge on any atom is -0.512 e. The van der Waals surface area contributed by atoms with Crippen LogP contribution >= 0.6 is 0 Å². The molecule has 1 aliphatic heterocycles. The fourth-order valence-electron chi connectivity index (χ4n) is 5.94. The van der Waals surface area contributed by atoms with Gasteiger partial charge in [-0.25, -0.2) is 4.68 Å². The molecule has 0 atom stereocenters. The molecule has 14 nitrogen and oxygen atoms in total. The quantitative estimate of drug-likeness (QED) is 0.165. The van der Waals surface area contributed by atoms with Crippen LogP contribution in [0.2, 0.25) is 0 Å². The van der Waals surface area contributed by atoms with E-state index in [0.717, 1.165) is 19.3 Å². The number of nitrogens with zero attached hydrogens (tertiary/aromatic N) is 7. The molecule has 2 heterocycles. The number of aromatic nitrogens is 3. The van der Waals surface area contributed by atoms with E-state index < -0.39 is 5.97 Å². The summed E-state index contributed by atoms with van der Waals surface area (Å²) in [5, 5.41) is 49.9. The third-order valence-corrected chi connectivity index (χ3v) is 8.02. The number of hydrogen-bond donors (Lipinski definition) is 5. The Balaban J connectivity index is 2.05. The van der Waals surface area contributed by atoms with Crippen LogP contribution in [0.15, 0.2) is 30.9 Å². The van der Waals surface area contributed by atoms with Crippen LogP contribution in [0.25, 0.3) is 0 Å². The molecule has 0 saturated carbocycles. The van der Waals surface area contributed by atoms with E-state index in [2.05, 4.69) is 56.5 Å². The Hall–Kier alpha value is -3.04. The van der Waals surface area contributed by atoms with Crippen LogP contribution in [0.3, 0.4) is 0 Å². The van der Waals surface area contributed by atoms with Gasteiger partial charge in [0.05, 0.1) is 56.0 Å². The monoisotopic (exact) mass is 636 g/mol. The van der Waals surface area contributed by atoms with E-state index in [4.69, 9.17) is 0 Å². The van der Waals surface area contributed by atoms with E-state index in [1.807, 2.05) is 30.5 Å². The number of carboxylic acids is 1. The van der Waals surface area contributed by atoms with Crippen LogP contribution in [0.5, 0.6) is 0 Å². The first kappa shape index (κ1) is 38.1.